The Balaban J connectivity index is 2.03. The fraction of sp³-hybridized carbons (Fsp3) is 0.846. The zero-order valence-corrected chi connectivity index (χ0v) is 11.0. The highest BCUT2D eigenvalue weighted by atomic mass is 16.2. The molecular formula is C13H23N3O2. The van der Waals surface area contributed by atoms with Gasteiger partial charge in [-0.2, -0.15) is 0 Å². The molecule has 0 spiro atoms. The molecule has 0 bridgehead atoms. The summed E-state index contributed by atoms with van der Waals surface area (Å²) in [6, 6.07) is -0.386. The van der Waals surface area contributed by atoms with E-state index in [2.05, 4.69) is 12.2 Å². The maximum absolute atomic E-state index is 12.5. The monoisotopic (exact) mass is 253 g/mol. The first-order chi connectivity index (χ1) is 8.59. The number of carbonyl (C=O) groups excluding carboxylic acids is 2. The Morgan fingerprint density at radius 2 is 2.06 bits per heavy atom. The molecule has 0 aromatic rings. The van der Waals surface area contributed by atoms with Crippen LogP contribution in [-0.2, 0) is 9.59 Å². The molecular weight excluding hydrogens is 230 g/mol. The number of hydrogen-bond acceptors (Lipinski definition) is 3. The Labute approximate surface area is 108 Å². The van der Waals surface area contributed by atoms with E-state index in [4.69, 9.17) is 5.73 Å². The van der Waals surface area contributed by atoms with Gasteiger partial charge in [-0.1, -0.05) is 6.92 Å². The smallest absolute Gasteiger partial charge is 0.240 e. The first kappa shape index (κ1) is 13.3. The molecule has 2 rings (SSSR count). The van der Waals surface area contributed by atoms with Gasteiger partial charge in [0.05, 0.1) is 5.92 Å². The number of nitrogens with two attached hydrogens (primary N) is 1. The van der Waals surface area contributed by atoms with Crippen molar-refractivity contribution in [2.24, 2.45) is 17.6 Å². The molecule has 2 heterocycles. The second-order valence-electron chi connectivity index (χ2n) is 5.64. The molecule has 0 aromatic carbocycles. The van der Waals surface area contributed by atoms with Gasteiger partial charge in [-0.05, 0) is 38.1 Å². The van der Waals surface area contributed by atoms with Crippen molar-refractivity contribution in [1.29, 1.82) is 0 Å². The molecule has 18 heavy (non-hydrogen) atoms. The van der Waals surface area contributed by atoms with Crippen molar-refractivity contribution < 1.29 is 9.59 Å². The highest BCUT2D eigenvalue weighted by Crippen LogP contribution is 2.23. The average molecular weight is 253 g/mol. The van der Waals surface area contributed by atoms with Crippen molar-refractivity contribution in [3.63, 3.8) is 0 Å². The minimum atomic E-state index is -0.386. The molecule has 3 unspecified atom stereocenters. The Kier molecular flexibility index (Phi) is 4.22. The van der Waals surface area contributed by atoms with Gasteiger partial charge >= 0.3 is 0 Å². The van der Waals surface area contributed by atoms with E-state index in [1.807, 2.05) is 0 Å². The van der Waals surface area contributed by atoms with Crippen LogP contribution in [0.2, 0.25) is 0 Å². The molecule has 0 aromatic heterocycles. The molecule has 2 amide bonds. The van der Waals surface area contributed by atoms with Gasteiger partial charge in [0.2, 0.25) is 11.8 Å². The van der Waals surface area contributed by atoms with Crippen LogP contribution in [0.15, 0.2) is 0 Å². The number of nitrogens with one attached hydrogen (secondary N) is 1. The zero-order valence-electron chi connectivity index (χ0n) is 11.0. The zero-order chi connectivity index (χ0) is 13.1. The molecule has 2 aliphatic heterocycles. The van der Waals surface area contributed by atoms with E-state index in [1.165, 1.54) is 0 Å². The summed E-state index contributed by atoms with van der Waals surface area (Å²) in [4.78, 5) is 25.6. The molecule has 5 heteroatoms. The van der Waals surface area contributed by atoms with Crippen LogP contribution in [0.5, 0.6) is 0 Å². The van der Waals surface area contributed by atoms with Crippen molar-refractivity contribution in [2.45, 2.75) is 38.6 Å². The third-order valence-corrected chi connectivity index (χ3v) is 4.03. The minimum absolute atomic E-state index is 0.00806. The predicted octanol–water partition coefficient (Wildman–Crippen LogP) is 0.0984. The van der Waals surface area contributed by atoms with Crippen LogP contribution in [0.3, 0.4) is 0 Å². The predicted molar refractivity (Wildman–Crippen MR) is 68.7 cm³/mol. The van der Waals surface area contributed by atoms with Crippen LogP contribution >= 0.6 is 0 Å². The Hall–Kier alpha value is -1.10. The Morgan fingerprint density at radius 3 is 2.72 bits per heavy atom. The lowest BCUT2D eigenvalue weighted by Crippen LogP contribution is -2.54. The van der Waals surface area contributed by atoms with Gasteiger partial charge in [0.15, 0.2) is 0 Å². The molecule has 2 fully saturated rings. The number of carbonyl (C=O) groups is 2. The molecule has 102 valence electrons. The van der Waals surface area contributed by atoms with E-state index in [-0.39, 0.29) is 23.8 Å². The Morgan fingerprint density at radius 1 is 1.28 bits per heavy atom. The number of likely N-dealkylation sites (tertiary alicyclic amines) is 1. The fourth-order valence-corrected chi connectivity index (χ4v) is 3.07. The quantitative estimate of drug-likeness (QED) is 0.733. The third kappa shape index (κ3) is 2.83. The fourth-order valence-electron chi connectivity index (χ4n) is 3.07. The van der Waals surface area contributed by atoms with E-state index in [9.17, 15) is 9.59 Å². The summed E-state index contributed by atoms with van der Waals surface area (Å²) in [5, 5.41) is 3.28. The van der Waals surface area contributed by atoms with Gasteiger partial charge in [0.25, 0.3) is 0 Å². The lowest BCUT2D eigenvalue weighted by molar-refractivity contribution is -0.145. The second-order valence-corrected chi connectivity index (χ2v) is 5.64. The number of piperidine rings is 2. The molecule has 0 saturated carbocycles. The minimum Gasteiger partial charge on any atom is -0.368 e. The van der Waals surface area contributed by atoms with E-state index in [0.717, 1.165) is 38.8 Å². The highest BCUT2D eigenvalue weighted by Gasteiger charge is 2.35. The number of hydrogen-bond donors (Lipinski definition) is 2. The summed E-state index contributed by atoms with van der Waals surface area (Å²) in [6.45, 7) is 4.53. The van der Waals surface area contributed by atoms with Crippen molar-refractivity contribution >= 4 is 11.8 Å². The summed E-state index contributed by atoms with van der Waals surface area (Å²) in [5.41, 5.74) is 5.40. The van der Waals surface area contributed by atoms with Gasteiger partial charge in [-0.15, -0.1) is 0 Å². The summed E-state index contributed by atoms with van der Waals surface area (Å²) < 4.78 is 0. The van der Waals surface area contributed by atoms with Crippen molar-refractivity contribution in [3.8, 4) is 0 Å². The van der Waals surface area contributed by atoms with Gasteiger partial charge in [-0.3, -0.25) is 9.59 Å². The van der Waals surface area contributed by atoms with E-state index in [0.29, 0.717) is 12.5 Å². The topological polar surface area (TPSA) is 75.4 Å². The van der Waals surface area contributed by atoms with E-state index < -0.39 is 0 Å². The number of nitrogens with zero attached hydrogens (tertiary/aromatic N) is 1. The number of primary amides is 1. The molecule has 0 aliphatic carbocycles. The van der Waals surface area contributed by atoms with Crippen LogP contribution in [0.4, 0.5) is 0 Å². The highest BCUT2D eigenvalue weighted by molar-refractivity contribution is 5.88. The van der Waals surface area contributed by atoms with Crippen molar-refractivity contribution in [2.75, 3.05) is 19.6 Å². The summed E-state index contributed by atoms with van der Waals surface area (Å²) in [7, 11) is 0. The second kappa shape index (κ2) is 5.69. The normalized spacial score (nSPS) is 33.2. The van der Waals surface area contributed by atoms with Crippen molar-refractivity contribution in [3.05, 3.63) is 0 Å². The van der Waals surface area contributed by atoms with Gasteiger partial charge in [-0.25, -0.2) is 0 Å². The van der Waals surface area contributed by atoms with Gasteiger partial charge in [0, 0.05) is 13.1 Å². The van der Waals surface area contributed by atoms with Crippen LogP contribution in [0.1, 0.15) is 32.6 Å². The first-order valence-electron chi connectivity index (χ1n) is 6.90. The van der Waals surface area contributed by atoms with E-state index >= 15 is 0 Å². The standard InChI is InChI=1S/C13H23N3O2/c1-9-6-10(8-15-7-9)13(18)16-5-3-2-4-11(16)12(14)17/h9-11,15H,2-8H2,1H3,(H2,14,17). The molecule has 2 aliphatic rings. The van der Waals surface area contributed by atoms with Gasteiger partial charge in [0.1, 0.15) is 6.04 Å². The molecule has 3 N–H and O–H groups in total. The third-order valence-electron chi connectivity index (χ3n) is 4.03. The maximum Gasteiger partial charge on any atom is 0.240 e. The molecule has 0 radical (unpaired) electrons. The summed E-state index contributed by atoms with van der Waals surface area (Å²) in [5.74, 6) is 0.274. The Bertz CT molecular complexity index is 332. The molecule has 5 nitrogen and oxygen atoms in total. The summed E-state index contributed by atoms with van der Waals surface area (Å²) in [6.07, 6.45) is 3.59. The van der Waals surface area contributed by atoms with Crippen LogP contribution < -0.4 is 11.1 Å². The number of rotatable bonds is 2. The molecule has 2 saturated heterocycles. The van der Waals surface area contributed by atoms with Crippen molar-refractivity contribution in [1.82, 2.24) is 10.2 Å². The average Bonchev–Trinajstić information content (AvgIpc) is 2.38. The summed E-state index contributed by atoms with van der Waals surface area (Å²) >= 11 is 0. The van der Waals surface area contributed by atoms with Crippen LogP contribution in [0, 0.1) is 11.8 Å². The largest absolute Gasteiger partial charge is 0.368 e. The first-order valence-corrected chi connectivity index (χ1v) is 6.90. The van der Waals surface area contributed by atoms with Gasteiger partial charge < -0.3 is 16.0 Å². The lowest BCUT2D eigenvalue weighted by atomic mass is 9.89. The number of amides is 2. The van der Waals surface area contributed by atoms with Crippen LogP contribution in [-0.4, -0.2) is 42.4 Å². The lowest BCUT2D eigenvalue weighted by Gasteiger charge is -2.38. The van der Waals surface area contributed by atoms with E-state index in [1.54, 1.807) is 4.90 Å². The molecule has 3 atom stereocenters. The maximum atomic E-state index is 12.5. The SMILES string of the molecule is CC1CNCC(C(=O)N2CCCCC2C(N)=O)C1. The van der Waals surface area contributed by atoms with Crippen LogP contribution in [0.25, 0.3) is 0 Å².